The molecule has 0 bridgehead atoms. The van der Waals surface area contributed by atoms with Crippen molar-refractivity contribution in [2.45, 2.75) is 32.2 Å². The van der Waals surface area contributed by atoms with Crippen LogP contribution < -0.4 is 5.32 Å². The number of piperidine rings is 1. The molecule has 1 saturated carbocycles. The van der Waals surface area contributed by atoms with Crippen molar-refractivity contribution in [2.24, 2.45) is 11.3 Å². The van der Waals surface area contributed by atoms with Crippen LogP contribution in [0, 0.1) is 17.2 Å². The van der Waals surface area contributed by atoms with E-state index in [1.54, 1.807) is 12.1 Å². The van der Waals surface area contributed by atoms with Gasteiger partial charge in [0.2, 0.25) is 5.91 Å². The van der Waals surface area contributed by atoms with Crippen LogP contribution in [0.25, 0.3) is 0 Å². The highest BCUT2D eigenvalue weighted by molar-refractivity contribution is 5.85. The number of amides is 1. The standard InChI is InChI=1S/C17H23FN2O.ClH/c1-12(13-3-5-14(18)6-4-13)20(2)16(21)15-11-17(15)7-9-19-10-8-17;/h3-6,12,15,19H,7-11H2,1-2H3;1H. The van der Waals surface area contributed by atoms with Gasteiger partial charge in [-0.3, -0.25) is 4.79 Å². The first-order valence-electron chi connectivity index (χ1n) is 7.76. The molecule has 3 rings (SSSR count). The average molecular weight is 327 g/mol. The van der Waals surface area contributed by atoms with Gasteiger partial charge < -0.3 is 10.2 Å². The molecule has 1 aromatic carbocycles. The third-order valence-corrected chi connectivity index (χ3v) is 5.37. The predicted molar refractivity (Wildman–Crippen MR) is 87.5 cm³/mol. The Morgan fingerprint density at radius 2 is 1.91 bits per heavy atom. The minimum atomic E-state index is -0.240. The quantitative estimate of drug-likeness (QED) is 0.925. The summed E-state index contributed by atoms with van der Waals surface area (Å²) in [6, 6.07) is 6.41. The van der Waals surface area contributed by atoms with Gasteiger partial charge in [-0.25, -0.2) is 4.39 Å². The van der Waals surface area contributed by atoms with E-state index in [0.29, 0.717) is 0 Å². The van der Waals surface area contributed by atoms with Gasteiger partial charge in [0.05, 0.1) is 6.04 Å². The largest absolute Gasteiger partial charge is 0.339 e. The Bertz CT molecular complexity index is 528. The van der Waals surface area contributed by atoms with E-state index in [9.17, 15) is 9.18 Å². The van der Waals surface area contributed by atoms with E-state index in [0.717, 1.165) is 37.9 Å². The first kappa shape index (κ1) is 17.2. The summed E-state index contributed by atoms with van der Waals surface area (Å²) < 4.78 is 13.0. The summed E-state index contributed by atoms with van der Waals surface area (Å²) in [5.41, 5.74) is 1.24. The number of benzene rings is 1. The van der Waals surface area contributed by atoms with Gasteiger partial charge in [0.25, 0.3) is 0 Å². The molecular weight excluding hydrogens is 303 g/mol. The zero-order valence-electron chi connectivity index (χ0n) is 13.1. The summed E-state index contributed by atoms with van der Waals surface area (Å²) in [4.78, 5) is 14.5. The molecule has 1 aliphatic heterocycles. The summed E-state index contributed by atoms with van der Waals surface area (Å²) >= 11 is 0. The van der Waals surface area contributed by atoms with Crippen molar-refractivity contribution in [3.63, 3.8) is 0 Å². The minimum absolute atomic E-state index is 0. The molecule has 0 aromatic heterocycles. The fourth-order valence-electron chi connectivity index (χ4n) is 3.58. The smallest absolute Gasteiger partial charge is 0.226 e. The number of rotatable bonds is 3. The van der Waals surface area contributed by atoms with Crippen LogP contribution in [0.5, 0.6) is 0 Å². The Balaban J connectivity index is 0.00000176. The van der Waals surface area contributed by atoms with Crippen LogP contribution in [-0.4, -0.2) is 30.9 Å². The lowest BCUT2D eigenvalue weighted by molar-refractivity contribution is -0.134. The highest BCUT2D eigenvalue weighted by Crippen LogP contribution is 2.59. The van der Waals surface area contributed by atoms with E-state index >= 15 is 0 Å². The molecule has 2 atom stereocenters. The topological polar surface area (TPSA) is 32.3 Å². The van der Waals surface area contributed by atoms with E-state index in [2.05, 4.69) is 5.32 Å². The van der Waals surface area contributed by atoms with E-state index in [1.807, 2.05) is 18.9 Å². The summed E-state index contributed by atoms with van der Waals surface area (Å²) in [5, 5.41) is 3.36. The van der Waals surface area contributed by atoms with Crippen LogP contribution >= 0.6 is 12.4 Å². The van der Waals surface area contributed by atoms with Gasteiger partial charge in [0.1, 0.15) is 5.82 Å². The lowest BCUT2D eigenvalue weighted by atomic mass is 9.91. The third kappa shape index (κ3) is 3.13. The second-order valence-corrected chi connectivity index (χ2v) is 6.55. The number of carbonyl (C=O) groups is 1. The van der Waals surface area contributed by atoms with E-state index < -0.39 is 0 Å². The van der Waals surface area contributed by atoms with Gasteiger partial charge >= 0.3 is 0 Å². The molecule has 1 aromatic rings. The van der Waals surface area contributed by atoms with Crippen molar-refractivity contribution in [2.75, 3.05) is 20.1 Å². The second kappa shape index (κ2) is 6.55. The Hall–Kier alpha value is -1.13. The van der Waals surface area contributed by atoms with Crippen LogP contribution in [0.4, 0.5) is 4.39 Å². The number of nitrogens with zero attached hydrogens (tertiary/aromatic N) is 1. The van der Waals surface area contributed by atoms with Crippen LogP contribution in [0.15, 0.2) is 24.3 Å². The Labute approximate surface area is 137 Å². The number of nitrogens with one attached hydrogen (secondary N) is 1. The number of hydrogen-bond acceptors (Lipinski definition) is 2. The van der Waals surface area contributed by atoms with Gasteiger partial charge in [-0.15, -0.1) is 12.4 Å². The molecule has 3 nitrogen and oxygen atoms in total. The van der Waals surface area contributed by atoms with Crippen molar-refractivity contribution in [3.8, 4) is 0 Å². The molecule has 122 valence electrons. The van der Waals surface area contributed by atoms with Gasteiger partial charge in [-0.05, 0) is 62.4 Å². The molecule has 2 fully saturated rings. The molecule has 1 amide bonds. The SMILES string of the molecule is CC(c1ccc(F)cc1)N(C)C(=O)C1CC12CCNCC2.Cl. The Kier molecular flexibility index (Phi) is 5.13. The maximum absolute atomic E-state index is 13.0. The molecular formula is C17H24ClFN2O. The second-order valence-electron chi connectivity index (χ2n) is 6.55. The van der Waals surface area contributed by atoms with E-state index in [4.69, 9.17) is 0 Å². The molecule has 1 saturated heterocycles. The molecule has 0 radical (unpaired) electrons. The molecule has 1 aliphatic carbocycles. The summed E-state index contributed by atoms with van der Waals surface area (Å²) in [5.74, 6) is 0.192. The third-order valence-electron chi connectivity index (χ3n) is 5.37. The van der Waals surface area contributed by atoms with Crippen molar-refractivity contribution >= 4 is 18.3 Å². The number of carbonyl (C=O) groups excluding carboxylic acids is 1. The molecule has 5 heteroatoms. The van der Waals surface area contributed by atoms with Gasteiger partial charge in [-0.1, -0.05) is 12.1 Å². The molecule has 1 heterocycles. The Morgan fingerprint density at radius 3 is 2.50 bits per heavy atom. The first-order valence-corrected chi connectivity index (χ1v) is 7.76. The lowest BCUT2D eigenvalue weighted by Gasteiger charge is -2.28. The zero-order valence-corrected chi connectivity index (χ0v) is 14.0. The van der Waals surface area contributed by atoms with Crippen molar-refractivity contribution in [1.29, 1.82) is 0 Å². The Morgan fingerprint density at radius 1 is 1.32 bits per heavy atom. The van der Waals surface area contributed by atoms with Gasteiger partial charge in [0, 0.05) is 13.0 Å². The average Bonchev–Trinajstić information content (AvgIpc) is 3.19. The van der Waals surface area contributed by atoms with Gasteiger partial charge in [0.15, 0.2) is 0 Å². The van der Waals surface area contributed by atoms with Crippen LogP contribution in [0.2, 0.25) is 0 Å². The molecule has 2 unspecified atom stereocenters. The molecule has 2 aliphatic rings. The maximum Gasteiger partial charge on any atom is 0.226 e. The van der Waals surface area contributed by atoms with Crippen molar-refractivity contribution < 1.29 is 9.18 Å². The fraction of sp³-hybridized carbons (Fsp3) is 0.588. The molecule has 1 N–H and O–H groups in total. The minimum Gasteiger partial charge on any atom is -0.339 e. The monoisotopic (exact) mass is 326 g/mol. The van der Waals surface area contributed by atoms with E-state index in [1.165, 1.54) is 12.1 Å². The highest BCUT2D eigenvalue weighted by Gasteiger charge is 2.58. The zero-order chi connectivity index (χ0) is 15.0. The van der Waals surface area contributed by atoms with Crippen molar-refractivity contribution in [1.82, 2.24) is 10.2 Å². The molecule has 22 heavy (non-hydrogen) atoms. The predicted octanol–water partition coefficient (Wildman–Crippen LogP) is 3.16. The van der Waals surface area contributed by atoms with Gasteiger partial charge in [-0.2, -0.15) is 0 Å². The van der Waals surface area contributed by atoms with Crippen LogP contribution in [-0.2, 0) is 4.79 Å². The highest BCUT2D eigenvalue weighted by atomic mass is 35.5. The fourth-order valence-corrected chi connectivity index (χ4v) is 3.58. The summed E-state index contributed by atoms with van der Waals surface area (Å²) in [7, 11) is 1.86. The van der Waals surface area contributed by atoms with Crippen molar-refractivity contribution in [3.05, 3.63) is 35.6 Å². The maximum atomic E-state index is 13.0. The summed E-state index contributed by atoms with van der Waals surface area (Å²) in [6.07, 6.45) is 3.26. The molecule has 1 spiro atoms. The van der Waals surface area contributed by atoms with Crippen LogP contribution in [0.1, 0.15) is 37.8 Å². The van der Waals surface area contributed by atoms with E-state index in [-0.39, 0.29) is 41.5 Å². The lowest BCUT2D eigenvalue weighted by Crippen LogP contribution is -2.35. The number of hydrogen-bond donors (Lipinski definition) is 1. The first-order chi connectivity index (χ1) is 10.0. The summed E-state index contributed by atoms with van der Waals surface area (Å²) in [6.45, 7) is 4.06. The van der Waals surface area contributed by atoms with Crippen LogP contribution in [0.3, 0.4) is 0 Å². The number of halogens is 2. The normalized spacial score (nSPS) is 23.5.